The van der Waals surface area contributed by atoms with Crippen LogP contribution in [0.15, 0.2) is 182 Å². The molecule has 52 heavy (non-hydrogen) atoms. The molecule has 1 aromatic heterocycles. The standard InChI is InChI=1S/C51H36S/c1-51(2)45-31-30-36(32-44(45)47-41-22-12-13-23-42(41)50-48(49(47)51)43-24-14-15-25-46(43)52-50)33-26-28-35(29-27-33)38-19-9-4-3-8-18-37(34-16-6-5-7-17-34)39-20-10-11-21-40(38)39/h3-32H,1-2H3. The van der Waals surface area contributed by atoms with Gasteiger partial charge < -0.3 is 0 Å². The number of fused-ring (bicyclic) bond motifs is 11. The van der Waals surface area contributed by atoms with Crippen LogP contribution in [0.4, 0.5) is 0 Å². The second-order valence-corrected chi connectivity index (χ2v) is 15.5. The van der Waals surface area contributed by atoms with Crippen molar-refractivity contribution in [1.82, 2.24) is 0 Å². The largest absolute Gasteiger partial charge is 0.135 e. The van der Waals surface area contributed by atoms with E-state index < -0.39 is 0 Å². The Labute approximate surface area is 308 Å². The summed E-state index contributed by atoms with van der Waals surface area (Å²) in [5, 5.41) is 7.95. The molecule has 9 aromatic rings. The quantitative estimate of drug-likeness (QED) is 0.174. The van der Waals surface area contributed by atoms with Crippen LogP contribution in [-0.4, -0.2) is 0 Å². The van der Waals surface area contributed by atoms with Crippen molar-refractivity contribution in [3.63, 3.8) is 0 Å². The molecule has 0 fully saturated rings. The summed E-state index contributed by atoms with van der Waals surface area (Å²) in [7, 11) is 0. The van der Waals surface area contributed by atoms with Crippen LogP contribution in [0.1, 0.15) is 25.0 Å². The number of rotatable bonds is 3. The molecule has 0 N–H and O–H groups in total. The van der Waals surface area contributed by atoms with Gasteiger partial charge in [0.2, 0.25) is 0 Å². The van der Waals surface area contributed by atoms with Gasteiger partial charge in [-0.05, 0) is 83.9 Å². The van der Waals surface area contributed by atoms with Crippen molar-refractivity contribution in [1.29, 1.82) is 0 Å². The van der Waals surface area contributed by atoms with Crippen LogP contribution >= 0.6 is 11.3 Å². The van der Waals surface area contributed by atoms with E-state index in [9.17, 15) is 0 Å². The van der Waals surface area contributed by atoms with Gasteiger partial charge in [-0.1, -0.05) is 184 Å². The van der Waals surface area contributed by atoms with E-state index in [1.807, 2.05) is 11.3 Å². The molecule has 1 heteroatoms. The van der Waals surface area contributed by atoms with E-state index >= 15 is 0 Å². The van der Waals surface area contributed by atoms with Gasteiger partial charge in [-0.15, -0.1) is 11.3 Å². The van der Waals surface area contributed by atoms with E-state index in [2.05, 4.69) is 196 Å². The summed E-state index contributed by atoms with van der Waals surface area (Å²) in [6.07, 6.45) is 0. The van der Waals surface area contributed by atoms with Gasteiger partial charge in [-0.2, -0.15) is 0 Å². The zero-order valence-electron chi connectivity index (χ0n) is 29.2. The SMILES string of the molecule is CC1(C)c2ccc(-c3ccc(-c4ccccccc(-c5ccccc5)c5ccccc45)cc3)cc2-c2c1c1c3ccccc3sc1c1ccccc21. The maximum absolute atomic E-state index is 2.45. The molecule has 0 nitrogen and oxygen atoms in total. The summed E-state index contributed by atoms with van der Waals surface area (Å²) < 4.78 is 2.76. The first-order valence-corrected chi connectivity index (χ1v) is 18.9. The first kappa shape index (κ1) is 30.8. The van der Waals surface area contributed by atoms with Crippen LogP contribution in [0.2, 0.25) is 0 Å². The van der Waals surface area contributed by atoms with Crippen LogP contribution in [0.25, 0.3) is 86.2 Å². The highest BCUT2D eigenvalue weighted by Crippen LogP contribution is 2.57. The van der Waals surface area contributed by atoms with Gasteiger partial charge in [0, 0.05) is 31.0 Å². The highest BCUT2D eigenvalue weighted by Gasteiger charge is 2.39. The molecule has 0 aliphatic heterocycles. The summed E-state index contributed by atoms with van der Waals surface area (Å²) in [6, 6.07) is 66.8. The van der Waals surface area contributed by atoms with E-state index in [0.717, 1.165) is 0 Å². The summed E-state index contributed by atoms with van der Waals surface area (Å²) in [5.41, 5.74) is 12.8. The van der Waals surface area contributed by atoms with E-state index in [1.54, 1.807) is 0 Å². The number of thiophene rings is 1. The van der Waals surface area contributed by atoms with Crippen LogP contribution in [0.3, 0.4) is 0 Å². The first-order valence-electron chi connectivity index (χ1n) is 18.1. The molecule has 8 aromatic carbocycles. The Morgan fingerprint density at radius 1 is 0.385 bits per heavy atom. The van der Waals surface area contributed by atoms with Crippen LogP contribution < -0.4 is 0 Å². The summed E-state index contributed by atoms with van der Waals surface area (Å²) >= 11 is 1.93. The highest BCUT2D eigenvalue weighted by molar-refractivity contribution is 7.26. The molecular formula is C51H36S. The fraction of sp³-hybridized carbons (Fsp3) is 0.0588. The minimum Gasteiger partial charge on any atom is -0.135 e. The molecule has 0 radical (unpaired) electrons. The van der Waals surface area contributed by atoms with Gasteiger partial charge in [0.15, 0.2) is 0 Å². The maximum atomic E-state index is 2.45. The van der Waals surface area contributed by atoms with Gasteiger partial charge in [0.05, 0.1) is 0 Å². The third-order valence-corrected chi connectivity index (χ3v) is 12.3. The molecule has 0 atom stereocenters. The average molecular weight is 681 g/mol. The van der Waals surface area contributed by atoms with Crippen LogP contribution in [0, 0.1) is 0 Å². The molecule has 0 unspecified atom stereocenters. The van der Waals surface area contributed by atoms with E-state index in [-0.39, 0.29) is 5.41 Å². The predicted molar refractivity (Wildman–Crippen MR) is 226 cm³/mol. The van der Waals surface area contributed by atoms with E-state index in [4.69, 9.17) is 0 Å². The molecular weight excluding hydrogens is 645 g/mol. The van der Waals surface area contributed by atoms with Crippen molar-refractivity contribution in [2.24, 2.45) is 0 Å². The molecule has 10 rings (SSSR count). The molecule has 0 spiro atoms. The third kappa shape index (κ3) is 4.74. The van der Waals surface area contributed by atoms with Crippen molar-refractivity contribution in [3.05, 3.63) is 193 Å². The zero-order valence-corrected chi connectivity index (χ0v) is 30.0. The Morgan fingerprint density at radius 3 is 1.58 bits per heavy atom. The molecule has 1 aliphatic rings. The van der Waals surface area contributed by atoms with Gasteiger partial charge in [0.1, 0.15) is 0 Å². The Kier molecular flexibility index (Phi) is 7.13. The summed E-state index contributed by atoms with van der Waals surface area (Å²) in [4.78, 5) is 0. The zero-order chi connectivity index (χ0) is 34.8. The van der Waals surface area contributed by atoms with Gasteiger partial charge in [-0.3, -0.25) is 0 Å². The minimum absolute atomic E-state index is 0.120. The minimum atomic E-state index is -0.120. The van der Waals surface area contributed by atoms with Crippen molar-refractivity contribution < 1.29 is 0 Å². The van der Waals surface area contributed by atoms with E-state index in [0.29, 0.717) is 0 Å². The van der Waals surface area contributed by atoms with E-state index in [1.165, 1.54) is 97.4 Å². The van der Waals surface area contributed by atoms with Crippen molar-refractivity contribution >= 4 is 53.1 Å². The third-order valence-electron chi connectivity index (χ3n) is 11.1. The molecule has 0 bridgehead atoms. The topological polar surface area (TPSA) is 0 Å². The van der Waals surface area contributed by atoms with Crippen molar-refractivity contribution in [2.75, 3.05) is 0 Å². The van der Waals surface area contributed by atoms with Crippen LogP contribution in [-0.2, 0) is 5.41 Å². The lowest BCUT2D eigenvalue weighted by atomic mass is 9.79. The fourth-order valence-electron chi connectivity index (χ4n) is 8.68. The molecule has 1 heterocycles. The van der Waals surface area contributed by atoms with Gasteiger partial charge in [0.25, 0.3) is 0 Å². The van der Waals surface area contributed by atoms with Crippen molar-refractivity contribution in [2.45, 2.75) is 19.3 Å². The average Bonchev–Trinajstić information content (AvgIpc) is 3.69. The normalized spacial score (nSPS) is 13.0. The number of hydrogen-bond donors (Lipinski definition) is 0. The molecule has 0 saturated carbocycles. The highest BCUT2D eigenvalue weighted by atomic mass is 32.1. The number of hydrogen-bond acceptors (Lipinski definition) is 1. The lowest BCUT2D eigenvalue weighted by Gasteiger charge is -2.23. The fourth-order valence-corrected chi connectivity index (χ4v) is 9.93. The Bertz CT molecular complexity index is 2910. The Morgan fingerprint density at radius 2 is 0.885 bits per heavy atom. The monoisotopic (exact) mass is 680 g/mol. The smallest absolute Gasteiger partial charge is 0.0437 e. The van der Waals surface area contributed by atoms with Crippen molar-refractivity contribution in [3.8, 4) is 44.5 Å². The molecule has 1 aliphatic carbocycles. The first-order chi connectivity index (χ1) is 25.6. The number of benzene rings is 7. The predicted octanol–water partition coefficient (Wildman–Crippen LogP) is 14.8. The second kappa shape index (κ2) is 12.0. The second-order valence-electron chi connectivity index (χ2n) is 14.4. The molecule has 0 amide bonds. The Hall–Kier alpha value is -6.02. The summed E-state index contributed by atoms with van der Waals surface area (Å²) in [5.74, 6) is 0. The molecule has 0 saturated heterocycles. The molecule has 246 valence electrons. The maximum Gasteiger partial charge on any atom is 0.0437 e. The lowest BCUT2D eigenvalue weighted by molar-refractivity contribution is 0.667. The lowest BCUT2D eigenvalue weighted by Crippen LogP contribution is -2.15. The Balaban J connectivity index is 1.14. The summed E-state index contributed by atoms with van der Waals surface area (Å²) in [6.45, 7) is 4.83. The van der Waals surface area contributed by atoms with Gasteiger partial charge in [-0.25, -0.2) is 0 Å². The van der Waals surface area contributed by atoms with Gasteiger partial charge >= 0.3 is 0 Å². The van der Waals surface area contributed by atoms with Crippen LogP contribution in [0.5, 0.6) is 0 Å².